The maximum atomic E-state index is 6.34. The molecule has 0 bridgehead atoms. The molecule has 0 aliphatic heterocycles. The van der Waals surface area contributed by atoms with Crippen LogP contribution in [-0.2, 0) is 0 Å². The molecule has 0 spiro atoms. The van der Waals surface area contributed by atoms with Gasteiger partial charge >= 0.3 is 0 Å². The van der Waals surface area contributed by atoms with Gasteiger partial charge in [0.05, 0.1) is 27.8 Å². The van der Waals surface area contributed by atoms with Crippen LogP contribution in [0.1, 0.15) is 0 Å². The average molecular weight is 806 g/mol. The summed E-state index contributed by atoms with van der Waals surface area (Å²) in [7, 11) is 0. The fraction of sp³-hybridized carbons (Fsp3) is 0. The number of fused-ring (bicyclic) bond motifs is 9. The zero-order valence-electron chi connectivity index (χ0n) is 33.9. The number of hydrogen-bond donors (Lipinski definition) is 0. The third-order valence-corrected chi connectivity index (χ3v) is 12.3. The van der Waals surface area contributed by atoms with Crippen molar-refractivity contribution in [2.45, 2.75) is 0 Å². The lowest BCUT2D eigenvalue weighted by atomic mass is 10.0. The van der Waals surface area contributed by atoms with E-state index >= 15 is 0 Å². The molecular weight excluding hydrogens is 771 g/mol. The highest BCUT2D eigenvalue weighted by atomic mass is 16.3. The Balaban J connectivity index is 1.07. The van der Waals surface area contributed by atoms with Crippen LogP contribution in [-0.4, -0.2) is 24.1 Å². The zero-order chi connectivity index (χ0) is 41.4. The first-order valence-corrected chi connectivity index (χ1v) is 21.2. The molecule has 294 valence electrons. The van der Waals surface area contributed by atoms with Crippen molar-refractivity contribution in [1.82, 2.24) is 24.1 Å². The van der Waals surface area contributed by atoms with E-state index in [1.54, 1.807) is 0 Å². The summed E-state index contributed by atoms with van der Waals surface area (Å²) in [6, 6.07) is 74.6. The molecular formula is C57H35N5O. The molecule has 63 heavy (non-hydrogen) atoms. The third-order valence-electron chi connectivity index (χ3n) is 12.3. The van der Waals surface area contributed by atoms with Gasteiger partial charge in [0.25, 0.3) is 0 Å². The van der Waals surface area contributed by atoms with Gasteiger partial charge in [0.15, 0.2) is 17.5 Å². The lowest BCUT2D eigenvalue weighted by Gasteiger charge is -2.15. The molecule has 0 fully saturated rings. The van der Waals surface area contributed by atoms with Crippen LogP contribution in [0.15, 0.2) is 217 Å². The van der Waals surface area contributed by atoms with E-state index in [-0.39, 0.29) is 0 Å². The van der Waals surface area contributed by atoms with Gasteiger partial charge in [0, 0.05) is 54.7 Å². The molecule has 4 aromatic heterocycles. The largest absolute Gasteiger partial charge is 0.456 e. The Morgan fingerprint density at radius 3 is 1.54 bits per heavy atom. The molecule has 13 aromatic rings. The maximum absolute atomic E-state index is 6.34. The summed E-state index contributed by atoms with van der Waals surface area (Å²) in [6.07, 6.45) is 0. The van der Waals surface area contributed by atoms with Crippen LogP contribution in [0, 0.1) is 0 Å². The van der Waals surface area contributed by atoms with Crippen LogP contribution in [0.2, 0.25) is 0 Å². The van der Waals surface area contributed by atoms with Crippen LogP contribution >= 0.6 is 0 Å². The van der Waals surface area contributed by atoms with Crippen molar-refractivity contribution in [2.24, 2.45) is 0 Å². The molecule has 6 nitrogen and oxygen atoms in total. The molecule has 0 N–H and O–H groups in total. The lowest BCUT2D eigenvalue weighted by Crippen LogP contribution is -2.02. The van der Waals surface area contributed by atoms with Crippen LogP contribution < -0.4 is 0 Å². The highest BCUT2D eigenvalue weighted by Gasteiger charge is 2.21. The van der Waals surface area contributed by atoms with Gasteiger partial charge in [-0.2, -0.15) is 0 Å². The van der Waals surface area contributed by atoms with E-state index in [9.17, 15) is 0 Å². The summed E-state index contributed by atoms with van der Waals surface area (Å²) < 4.78 is 11.2. The molecule has 13 rings (SSSR count). The number of furan rings is 1. The Bertz CT molecular complexity index is 3860. The van der Waals surface area contributed by atoms with E-state index in [2.05, 4.69) is 167 Å². The molecule has 6 heteroatoms. The Morgan fingerprint density at radius 2 is 0.825 bits per heavy atom. The minimum absolute atomic E-state index is 0.570. The number of para-hydroxylation sites is 4. The zero-order valence-corrected chi connectivity index (χ0v) is 33.9. The van der Waals surface area contributed by atoms with E-state index in [1.165, 1.54) is 32.6 Å². The second kappa shape index (κ2) is 14.0. The standard InChI is InChI=1S/C57H35N5O/c1-3-16-36(17-4-1)39-32-40(57-59-55(37-18-5-2-6-19-37)58-56(60-57)38-30-31-45-44-22-10-14-29-52(44)63-53(45)35-38)34-41(33-39)61-49-26-13-9-23-46(49)54-50(61)27-15-28-51(54)62-47-24-11-7-20-42(47)43-21-8-12-25-48(43)62/h1-35H. The molecule has 0 amide bonds. The van der Waals surface area contributed by atoms with Gasteiger partial charge in [-0.05, 0) is 77.9 Å². The second-order valence-corrected chi connectivity index (χ2v) is 16.0. The molecule has 0 aliphatic carbocycles. The van der Waals surface area contributed by atoms with Crippen LogP contribution in [0.3, 0.4) is 0 Å². The third kappa shape index (κ3) is 5.62. The first-order valence-electron chi connectivity index (χ1n) is 21.2. The minimum atomic E-state index is 0.570. The Labute approximate surface area is 361 Å². The highest BCUT2D eigenvalue weighted by Crippen LogP contribution is 2.41. The van der Waals surface area contributed by atoms with Crippen molar-refractivity contribution in [3.8, 4) is 56.7 Å². The highest BCUT2D eigenvalue weighted by molar-refractivity contribution is 6.16. The monoisotopic (exact) mass is 805 g/mol. The van der Waals surface area contributed by atoms with Crippen LogP contribution in [0.5, 0.6) is 0 Å². The average Bonchev–Trinajstić information content (AvgIpc) is 4.02. The molecule has 0 radical (unpaired) electrons. The fourth-order valence-corrected chi connectivity index (χ4v) is 9.53. The fourth-order valence-electron chi connectivity index (χ4n) is 9.53. The molecule has 0 unspecified atom stereocenters. The smallest absolute Gasteiger partial charge is 0.164 e. The Kier molecular flexibility index (Phi) is 7.80. The van der Waals surface area contributed by atoms with E-state index in [0.29, 0.717) is 17.5 Å². The van der Waals surface area contributed by atoms with Crippen LogP contribution in [0.25, 0.3) is 122 Å². The summed E-state index contributed by atoms with van der Waals surface area (Å²) in [6.45, 7) is 0. The van der Waals surface area contributed by atoms with Gasteiger partial charge in [-0.15, -0.1) is 0 Å². The summed E-state index contributed by atoms with van der Waals surface area (Å²) in [5.74, 6) is 1.74. The van der Waals surface area contributed by atoms with E-state index in [0.717, 1.165) is 72.2 Å². The molecule has 0 saturated carbocycles. The van der Waals surface area contributed by atoms with E-state index in [1.807, 2.05) is 54.6 Å². The van der Waals surface area contributed by atoms with Crippen molar-refractivity contribution >= 4 is 65.6 Å². The topological polar surface area (TPSA) is 61.7 Å². The first-order chi connectivity index (χ1) is 31.2. The van der Waals surface area contributed by atoms with Crippen molar-refractivity contribution in [3.63, 3.8) is 0 Å². The van der Waals surface area contributed by atoms with Crippen LogP contribution in [0.4, 0.5) is 0 Å². The predicted molar refractivity (Wildman–Crippen MR) is 258 cm³/mol. The number of nitrogens with zero attached hydrogens (tertiary/aromatic N) is 5. The van der Waals surface area contributed by atoms with Gasteiger partial charge in [0.1, 0.15) is 11.2 Å². The van der Waals surface area contributed by atoms with Gasteiger partial charge < -0.3 is 13.6 Å². The number of benzene rings is 9. The van der Waals surface area contributed by atoms with E-state index in [4.69, 9.17) is 19.4 Å². The molecule has 0 aliphatic rings. The Morgan fingerprint density at radius 1 is 0.302 bits per heavy atom. The van der Waals surface area contributed by atoms with Gasteiger partial charge in [-0.3, -0.25) is 0 Å². The number of rotatable bonds is 6. The number of aromatic nitrogens is 5. The van der Waals surface area contributed by atoms with Crippen molar-refractivity contribution < 1.29 is 4.42 Å². The Hall–Kier alpha value is -8.61. The number of hydrogen-bond acceptors (Lipinski definition) is 4. The van der Waals surface area contributed by atoms with Crippen molar-refractivity contribution in [3.05, 3.63) is 212 Å². The van der Waals surface area contributed by atoms with Gasteiger partial charge in [0.2, 0.25) is 0 Å². The molecule has 9 aromatic carbocycles. The van der Waals surface area contributed by atoms with Gasteiger partial charge in [-0.1, -0.05) is 146 Å². The summed E-state index contributed by atoms with van der Waals surface area (Å²) >= 11 is 0. The minimum Gasteiger partial charge on any atom is -0.456 e. The molecule has 4 heterocycles. The lowest BCUT2D eigenvalue weighted by molar-refractivity contribution is 0.669. The first kappa shape index (κ1) is 35.2. The second-order valence-electron chi connectivity index (χ2n) is 16.0. The predicted octanol–water partition coefficient (Wildman–Crippen LogP) is 14.6. The summed E-state index contributed by atoms with van der Waals surface area (Å²) in [4.78, 5) is 15.6. The quantitative estimate of drug-likeness (QED) is 0.168. The normalized spacial score (nSPS) is 11.8. The summed E-state index contributed by atoms with van der Waals surface area (Å²) in [5, 5.41) is 6.96. The van der Waals surface area contributed by atoms with E-state index < -0.39 is 0 Å². The van der Waals surface area contributed by atoms with Crippen molar-refractivity contribution in [2.75, 3.05) is 0 Å². The van der Waals surface area contributed by atoms with Gasteiger partial charge in [-0.25, -0.2) is 15.0 Å². The molecule has 0 saturated heterocycles. The molecule has 0 atom stereocenters. The maximum Gasteiger partial charge on any atom is 0.164 e. The SMILES string of the molecule is c1ccc(-c2cc(-c3nc(-c4ccccc4)nc(-c4ccc5c(c4)oc4ccccc45)n3)cc(-n3c4ccccc4c4c(-n5c6ccccc6c6ccccc65)cccc43)c2)cc1. The summed E-state index contributed by atoms with van der Waals surface area (Å²) in [5.41, 5.74) is 13.1. The van der Waals surface area contributed by atoms with Crippen molar-refractivity contribution in [1.29, 1.82) is 0 Å².